The number of halogens is 2. The Kier molecular flexibility index (Phi) is 5.69. The lowest BCUT2D eigenvalue weighted by Gasteiger charge is -2.55. The molecule has 0 aromatic carbocycles. The van der Waals surface area contributed by atoms with Crippen LogP contribution < -0.4 is 0 Å². The van der Waals surface area contributed by atoms with E-state index in [1.165, 1.54) is 4.90 Å². The van der Waals surface area contributed by atoms with Crippen molar-refractivity contribution in [3.8, 4) is 0 Å². The van der Waals surface area contributed by atoms with Crippen molar-refractivity contribution in [3.05, 3.63) is 17.5 Å². The van der Waals surface area contributed by atoms with Crippen LogP contribution >= 0.6 is 0 Å². The van der Waals surface area contributed by atoms with Gasteiger partial charge in [-0.1, -0.05) is 20.8 Å². The van der Waals surface area contributed by atoms with Crippen LogP contribution in [0.25, 0.3) is 0 Å². The Morgan fingerprint density at radius 2 is 2.18 bits per heavy atom. The highest BCUT2D eigenvalue weighted by molar-refractivity contribution is 5.65. The summed E-state index contributed by atoms with van der Waals surface area (Å²) in [5.74, 6) is -0.301. The third kappa shape index (κ3) is 4.15. The van der Waals surface area contributed by atoms with E-state index in [1.807, 2.05) is 27.7 Å². The summed E-state index contributed by atoms with van der Waals surface area (Å²) in [4.78, 5) is 14.8. The van der Waals surface area contributed by atoms with Gasteiger partial charge in [0.15, 0.2) is 0 Å². The predicted octanol–water partition coefficient (Wildman–Crippen LogP) is 2.94. The maximum absolute atomic E-state index is 13.2. The normalized spacial score (nSPS) is 29.6. The first-order valence-electron chi connectivity index (χ1n) is 9.68. The van der Waals surface area contributed by atoms with E-state index in [-0.39, 0.29) is 30.5 Å². The second kappa shape index (κ2) is 7.59. The van der Waals surface area contributed by atoms with Crippen molar-refractivity contribution in [2.45, 2.75) is 58.2 Å². The maximum Gasteiger partial charge on any atom is 0.407 e. The number of amides is 1. The van der Waals surface area contributed by atoms with E-state index in [1.54, 1.807) is 11.1 Å². The van der Waals surface area contributed by atoms with E-state index in [0.717, 1.165) is 11.3 Å². The van der Waals surface area contributed by atoms with Gasteiger partial charge in [-0.25, -0.2) is 13.6 Å². The van der Waals surface area contributed by atoms with Crippen LogP contribution in [-0.4, -0.2) is 82.1 Å². The Morgan fingerprint density at radius 1 is 1.46 bits per heavy atom. The Bertz CT molecular complexity index is 706. The number of aromatic nitrogens is 2. The lowest BCUT2D eigenvalue weighted by Crippen LogP contribution is -2.65. The van der Waals surface area contributed by atoms with Gasteiger partial charge in [0.1, 0.15) is 0 Å². The van der Waals surface area contributed by atoms with E-state index < -0.39 is 18.1 Å². The number of morpholine rings is 1. The molecule has 9 heteroatoms. The quantitative estimate of drug-likeness (QED) is 0.815. The van der Waals surface area contributed by atoms with Crippen LogP contribution in [-0.2, 0) is 4.74 Å². The van der Waals surface area contributed by atoms with Crippen molar-refractivity contribution in [1.82, 2.24) is 20.0 Å². The highest BCUT2D eigenvalue weighted by atomic mass is 19.3. The molecule has 1 aromatic rings. The first-order chi connectivity index (χ1) is 13.0. The molecule has 158 valence electrons. The fourth-order valence-electron chi connectivity index (χ4n) is 4.36. The molecule has 1 spiro atoms. The van der Waals surface area contributed by atoms with Gasteiger partial charge in [0.05, 0.1) is 24.4 Å². The van der Waals surface area contributed by atoms with Crippen molar-refractivity contribution in [1.29, 1.82) is 0 Å². The summed E-state index contributed by atoms with van der Waals surface area (Å²) in [5, 5.41) is 16.6. The van der Waals surface area contributed by atoms with Gasteiger partial charge in [-0.05, 0) is 24.3 Å². The van der Waals surface area contributed by atoms with E-state index in [0.29, 0.717) is 26.1 Å². The molecule has 2 fully saturated rings. The molecule has 2 N–H and O–H groups in total. The molecule has 3 atom stereocenters. The van der Waals surface area contributed by atoms with Gasteiger partial charge in [0, 0.05) is 37.8 Å². The number of alkyl halides is 2. The van der Waals surface area contributed by atoms with E-state index >= 15 is 0 Å². The zero-order valence-corrected chi connectivity index (χ0v) is 16.9. The summed E-state index contributed by atoms with van der Waals surface area (Å²) in [6.45, 7) is 9.08. The smallest absolute Gasteiger partial charge is 0.407 e. The molecule has 0 radical (unpaired) electrons. The number of nitrogens with zero attached hydrogens (tertiary/aromatic N) is 3. The van der Waals surface area contributed by atoms with Crippen LogP contribution in [0.3, 0.4) is 0 Å². The van der Waals surface area contributed by atoms with Crippen LogP contribution in [0, 0.1) is 12.3 Å². The van der Waals surface area contributed by atoms with Gasteiger partial charge in [-0.15, -0.1) is 0 Å². The van der Waals surface area contributed by atoms with Crippen LogP contribution in [0.4, 0.5) is 13.6 Å². The fraction of sp³-hybridized carbons (Fsp3) is 0.789. The van der Waals surface area contributed by atoms with Crippen molar-refractivity contribution < 1.29 is 23.4 Å². The first-order valence-corrected chi connectivity index (χ1v) is 9.68. The number of hydrogen-bond acceptors (Lipinski definition) is 4. The number of ether oxygens (including phenoxy) is 1. The molecule has 3 rings (SSSR count). The Labute approximate surface area is 164 Å². The molecule has 0 saturated carbocycles. The molecule has 1 aromatic heterocycles. The Balaban J connectivity index is 2.00. The molecule has 28 heavy (non-hydrogen) atoms. The summed E-state index contributed by atoms with van der Waals surface area (Å²) in [5.41, 5.74) is 0.760. The minimum atomic E-state index is -2.43. The van der Waals surface area contributed by atoms with Gasteiger partial charge in [-0.3, -0.25) is 10.00 Å². The lowest BCUT2D eigenvalue weighted by atomic mass is 9.75. The van der Waals surface area contributed by atoms with Crippen LogP contribution in [0.1, 0.15) is 44.4 Å². The number of carboxylic acid groups (broad SMARTS) is 1. The molecule has 0 aliphatic carbocycles. The van der Waals surface area contributed by atoms with Crippen LogP contribution in [0.2, 0.25) is 0 Å². The highest BCUT2D eigenvalue weighted by Gasteiger charge is 2.53. The number of nitrogens with one attached hydrogen (secondary N) is 1. The average molecular weight is 400 g/mol. The van der Waals surface area contributed by atoms with E-state index in [9.17, 15) is 18.7 Å². The van der Waals surface area contributed by atoms with E-state index in [4.69, 9.17) is 4.74 Å². The zero-order chi connectivity index (χ0) is 20.7. The van der Waals surface area contributed by atoms with Gasteiger partial charge in [0.2, 0.25) is 0 Å². The number of rotatable bonds is 3. The number of aryl methyl sites for hydroxylation is 1. The van der Waals surface area contributed by atoms with Crippen molar-refractivity contribution >= 4 is 6.09 Å². The molecular formula is C19H30F2N4O3. The predicted molar refractivity (Wildman–Crippen MR) is 99.8 cm³/mol. The number of H-pyrrole nitrogens is 1. The maximum atomic E-state index is 13.2. The zero-order valence-electron chi connectivity index (χ0n) is 16.9. The Morgan fingerprint density at radius 3 is 2.71 bits per heavy atom. The topological polar surface area (TPSA) is 81.7 Å². The van der Waals surface area contributed by atoms with Crippen molar-refractivity contribution in [3.63, 3.8) is 0 Å². The number of carbonyl (C=O) groups is 1. The summed E-state index contributed by atoms with van der Waals surface area (Å²) in [7, 11) is 0. The number of hydrogen-bond donors (Lipinski definition) is 2. The summed E-state index contributed by atoms with van der Waals surface area (Å²) >= 11 is 0. The number of likely N-dealkylation sites (tertiary alicyclic amines) is 1. The second-order valence-electron chi connectivity index (χ2n) is 9.12. The SMILES string of the molecule is Cc1cn[nH]c1C1CN(C(=O)O)CCC12CN(CC(F)F)CC(C(C)(C)C)O2. The molecule has 2 aliphatic heterocycles. The van der Waals surface area contributed by atoms with Gasteiger partial charge in [0.25, 0.3) is 6.43 Å². The molecule has 3 heterocycles. The third-order valence-electron chi connectivity index (χ3n) is 5.98. The minimum Gasteiger partial charge on any atom is -0.465 e. The van der Waals surface area contributed by atoms with Gasteiger partial charge < -0.3 is 14.7 Å². The number of aromatic amines is 1. The standard InChI is InChI=1S/C19H30F2N4O3/c1-12-7-22-23-16(12)13-8-25(17(26)27)6-5-19(13)11-24(10-15(20)21)9-14(28-19)18(2,3)4/h7,13-15H,5-6,8-11H2,1-4H3,(H,22,23)(H,26,27). The van der Waals surface area contributed by atoms with Crippen LogP contribution in [0.15, 0.2) is 6.20 Å². The molecule has 1 amide bonds. The summed E-state index contributed by atoms with van der Waals surface area (Å²) < 4.78 is 33.1. The summed E-state index contributed by atoms with van der Waals surface area (Å²) in [6, 6.07) is 0. The molecule has 3 unspecified atom stereocenters. The minimum absolute atomic E-state index is 0.231. The fourth-order valence-corrected chi connectivity index (χ4v) is 4.36. The van der Waals surface area contributed by atoms with Crippen molar-refractivity contribution in [2.24, 2.45) is 5.41 Å². The summed E-state index contributed by atoms with van der Waals surface area (Å²) in [6.07, 6.45) is -1.49. The van der Waals surface area contributed by atoms with E-state index in [2.05, 4.69) is 10.2 Å². The molecule has 0 bridgehead atoms. The highest BCUT2D eigenvalue weighted by Crippen LogP contribution is 2.45. The largest absolute Gasteiger partial charge is 0.465 e. The first kappa shape index (κ1) is 21.0. The van der Waals surface area contributed by atoms with Crippen LogP contribution in [0.5, 0.6) is 0 Å². The molecular weight excluding hydrogens is 370 g/mol. The Hall–Kier alpha value is -1.74. The van der Waals surface area contributed by atoms with Gasteiger partial charge in [-0.2, -0.15) is 5.10 Å². The lowest BCUT2D eigenvalue weighted by molar-refractivity contribution is -0.213. The average Bonchev–Trinajstić information content (AvgIpc) is 2.99. The van der Waals surface area contributed by atoms with Gasteiger partial charge >= 0.3 is 6.09 Å². The third-order valence-corrected chi connectivity index (χ3v) is 5.98. The van der Waals surface area contributed by atoms with Crippen molar-refractivity contribution in [2.75, 3.05) is 32.7 Å². The second-order valence-corrected chi connectivity index (χ2v) is 9.12. The monoisotopic (exact) mass is 400 g/mol. The molecule has 7 nitrogen and oxygen atoms in total. The molecule has 2 aliphatic rings. The molecule has 2 saturated heterocycles. The number of piperidine rings is 1.